The molecule has 0 aromatic rings. The Morgan fingerprint density at radius 1 is 1.21 bits per heavy atom. The lowest BCUT2D eigenvalue weighted by molar-refractivity contribution is -0.131. The van der Waals surface area contributed by atoms with E-state index in [1.807, 2.05) is 5.01 Å². The summed E-state index contributed by atoms with van der Waals surface area (Å²) < 4.78 is 5.21. The van der Waals surface area contributed by atoms with Crippen LogP contribution in [0.4, 0.5) is 0 Å². The summed E-state index contributed by atoms with van der Waals surface area (Å²) in [6.07, 6.45) is 4.55. The lowest BCUT2D eigenvalue weighted by Gasteiger charge is -2.28. The highest BCUT2D eigenvalue weighted by Gasteiger charge is 2.24. The van der Waals surface area contributed by atoms with Gasteiger partial charge >= 0.3 is 0 Å². The van der Waals surface area contributed by atoms with E-state index in [1.54, 1.807) is 0 Å². The van der Waals surface area contributed by atoms with Crippen molar-refractivity contribution < 1.29 is 9.53 Å². The zero-order valence-electron chi connectivity index (χ0n) is 8.50. The van der Waals surface area contributed by atoms with Crippen LogP contribution in [0.1, 0.15) is 25.7 Å². The molecule has 4 nitrogen and oxygen atoms in total. The SMILES string of the molecule is O=C(NN1CCOCC1)C1CCCC1. The second-order valence-electron chi connectivity index (χ2n) is 4.06. The third-order valence-corrected chi connectivity index (χ3v) is 3.01. The van der Waals surface area contributed by atoms with Gasteiger partial charge in [0.15, 0.2) is 0 Å². The molecule has 0 unspecified atom stereocenters. The Balaban J connectivity index is 1.75. The van der Waals surface area contributed by atoms with Crippen molar-refractivity contribution in [3.63, 3.8) is 0 Å². The van der Waals surface area contributed by atoms with E-state index < -0.39 is 0 Å². The first-order valence-corrected chi connectivity index (χ1v) is 5.49. The maximum absolute atomic E-state index is 11.7. The minimum atomic E-state index is 0.212. The predicted molar refractivity (Wildman–Crippen MR) is 52.5 cm³/mol. The molecule has 1 N–H and O–H groups in total. The number of amides is 1. The summed E-state index contributed by atoms with van der Waals surface area (Å²) in [6, 6.07) is 0. The molecule has 0 spiro atoms. The Kier molecular flexibility index (Phi) is 3.37. The lowest BCUT2D eigenvalue weighted by atomic mass is 10.1. The van der Waals surface area contributed by atoms with Gasteiger partial charge in [-0.25, -0.2) is 5.01 Å². The fraction of sp³-hybridized carbons (Fsp3) is 0.900. The molecule has 1 aliphatic carbocycles. The number of hydrogen-bond donors (Lipinski definition) is 1. The fourth-order valence-electron chi connectivity index (χ4n) is 2.11. The van der Waals surface area contributed by atoms with E-state index >= 15 is 0 Å². The van der Waals surface area contributed by atoms with Gasteiger partial charge in [0.1, 0.15) is 0 Å². The van der Waals surface area contributed by atoms with Gasteiger partial charge in [-0.05, 0) is 12.8 Å². The molecule has 1 saturated heterocycles. The van der Waals surface area contributed by atoms with Gasteiger partial charge < -0.3 is 4.74 Å². The minimum Gasteiger partial charge on any atom is -0.379 e. The highest BCUT2D eigenvalue weighted by molar-refractivity contribution is 5.78. The number of hydrogen-bond acceptors (Lipinski definition) is 3. The second-order valence-corrected chi connectivity index (χ2v) is 4.06. The third kappa shape index (κ3) is 2.45. The number of morpholine rings is 1. The molecule has 14 heavy (non-hydrogen) atoms. The molecule has 1 aliphatic heterocycles. The molecule has 2 aliphatic rings. The van der Waals surface area contributed by atoms with Crippen LogP contribution < -0.4 is 5.43 Å². The van der Waals surface area contributed by atoms with Crippen LogP contribution in [0.15, 0.2) is 0 Å². The van der Waals surface area contributed by atoms with Crippen molar-refractivity contribution in [1.29, 1.82) is 0 Å². The van der Waals surface area contributed by atoms with Crippen molar-refractivity contribution >= 4 is 5.91 Å². The van der Waals surface area contributed by atoms with E-state index in [4.69, 9.17) is 4.74 Å². The van der Waals surface area contributed by atoms with Crippen molar-refractivity contribution in [2.45, 2.75) is 25.7 Å². The van der Waals surface area contributed by atoms with Gasteiger partial charge in [0, 0.05) is 19.0 Å². The first-order chi connectivity index (χ1) is 6.86. The highest BCUT2D eigenvalue weighted by atomic mass is 16.5. The molecule has 2 rings (SSSR count). The average molecular weight is 198 g/mol. The summed E-state index contributed by atoms with van der Waals surface area (Å²) in [5.74, 6) is 0.474. The molecule has 0 aromatic heterocycles. The molecule has 0 bridgehead atoms. The number of rotatable bonds is 2. The second kappa shape index (κ2) is 4.75. The number of carbonyl (C=O) groups excluding carboxylic acids is 1. The van der Waals surface area contributed by atoms with Crippen molar-refractivity contribution in [2.24, 2.45) is 5.92 Å². The molecule has 0 radical (unpaired) electrons. The first-order valence-electron chi connectivity index (χ1n) is 5.49. The Bertz CT molecular complexity index is 196. The predicted octanol–water partition coefficient (Wildman–Crippen LogP) is 0.540. The van der Waals surface area contributed by atoms with Gasteiger partial charge in [-0.1, -0.05) is 12.8 Å². The van der Waals surface area contributed by atoms with Crippen molar-refractivity contribution in [1.82, 2.24) is 10.4 Å². The van der Waals surface area contributed by atoms with Gasteiger partial charge in [-0.15, -0.1) is 0 Å². The number of ether oxygens (including phenoxy) is 1. The summed E-state index contributed by atoms with van der Waals surface area (Å²) in [5.41, 5.74) is 2.98. The summed E-state index contributed by atoms with van der Waals surface area (Å²) in [5, 5.41) is 1.98. The van der Waals surface area contributed by atoms with E-state index in [9.17, 15) is 4.79 Å². The standard InChI is InChI=1S/C10H18N2O2/c13-10(9-3-1-2-4-9)11-12-5-7-14-8-6-12/h9H,1-8H2,(H,11,13). The van der Waals surface area contributed by atoms with Crippen LogP contribution in [0, 0.1) is 5.92 Å². The smallest absolute Gasteiger partial charge is 0.237 e. The van der Waals surface area contributed by atoms with E-state index in [2.05, 4.69) is 5.43 Å². The molecular weight excluding hydrogens is 180 g/mol. The molecule has 4 heteroatoms. The monoisotopic (exact) mass is 198 g/mol. The van der Waals surface area contributed by atoms with Crippen LogP contribution in [0.3, 0.4) is 0 Å². The Hall–Kier alpha value is -0.610. The van der Waals surface area contributed by atoms with Crippen LogP contribution in [0.2, 0.25) is 0 Å². The lowest BCUT2D eigenvalue weighted by Crippen LogP contribution is -2.49. The van der Waals surface area contributed by atoms with Crippen molar-refractivity contribution in [2.75, 3.05) is 26.3 Å². The summed E-state index contributed by atoms with van der Waals surface area (Å²) in [6.45, 7) is 3.09. The average Bonchev–Trinajstić information content (AvgIpc) is 2.72. The highest BCUT2D eigenvalue weighted by Crippen LogP contribution is 2.24. The quantitative estimate of drug-likeness (QED) is 0.704. The third-order valence-electron chi connectivity index (χ3n) is 3.01. The maximum Gasteiger partial charge on any atom is 0.237 e. The molecule has 0 aromatic carbocycles. The number of nitrogens with zero attached hydrogens (tertiary/aromatic N) is 1. The Morgan fingerprint density at radius 3 is 2.50 bits per heavy atom. The Labute approximate surface area is 84.6 Å². The topological polar surface area (TPSA) is 41.6 Å². The van der Waals surface area contributed by atoms with E-state index in [-0.39, 0.29) is 11.8 Å². The number of nitrogens with one attached hydrogen (secondary N) is 1. The molecular formula is C10H18N2O2. The molecule has 1 saturated carbocycles. The molecule has 1 heterocycles. The van der Waals surface area contributed by atoms with Gasteiger partial charge in [0.2, 0.25) is 5.91 Å². The molecule has 80 valence electrons. The zero-order valence-corrected chi connectivity index (χ0v) is 8.50. The van der Waals surface area contributed by atoms with Crippen LogP contribution in [0.5, 0.6) is 0 Å². The fourth-order valence-corrected chi connectivity index (χ4v) is 2.11. The van der Waals surface area contributed by atoms with Crippen molar-refractivity contribution in [3.05, 3.63) is 0 Å². The van der Waals surface area contributed by atoms with Crippen LogP contribution >= 0.6 is 0 Å². The summed E-state index contributed by atoms with van der Waals surface area (Å²) in [4.78, 5) is 11.7. The summed E-state index contributed by atoms with van der Waals surface area (Å²) in [7, 11) is 0. The summed E-state index contributed by atoms with van der Waals surface area (Å²) >= 11 is 0. The number of hydrazine groups is 1. The van der Waals surface area contributed by atoms with E-state index in [0.717, 1.165) is 39.1 Å². The van der Waals surface area contributed by atoms with E-state index in [1.165, 1.54) is 12.8 Å². The van der Waals surface area contributed by atoms with Gasteiger partial charge in [-0.3, -0.25) is 10.2 Å². The minimum absolute atomic E-state index is 0.212. The normalized spacial score (nSPS) is 25.1. The van der Waals surface area contributed by atoms with Gasteiger partial charge in [0.25, 0.3) is 0 Å². The van der Waals surface area contributed by atoms with Gasteiger partial charge in [-0.2, -0.15) is 0 Å². The zero-order chi connectivity index (χ0) is 9.80. The molecule has 2 fully saturated rings. The Morgan fingerprint density at radius 2 is 1.86 bits per heavy atom. The van der Waals surface area contributed by atoms with Crippen LogP contribution in [-0.4, -0.2) is 37.2 Å². The largest absolute Gasteiger partial charge is 0.379 e. The van der Waals surface area contributed by atoms with Crippen LogP contribution in [-0.2, 0) is 9.53 Å². The van der Waals surface area contributed by atoms with Gasteiger partial charge in [0.05, 0.1) is 13.2 Å². The molecule has 1 amide bonds. The number of carbonyl (C=O) groups is 1. The van der Waals surface area contributed by atoms with E-state index in [0.29, 0.717) is 0 Å². The van der Waals surface area contributed by atoms with Crippen molar-refractivity contribution in [3.8, 4) is 0 Å². The first kappa shape index (κ1) is 9.93. The molecule has 0 atom stereocenters. The van der Waals surface area contributed by atoms with Crippen LogP contribution in [0.25, 0.3) is 0 Å². The maximum atomic E-state index is 11.7.